The molecule has 25 heavy (non-hydrogen) atoms. The molecule has 0 saturated carbocycles. The molecule has 2 fully saturated rings. The molecule has 1 aromatic carbocycles. The van der Waals surface area contributed by atoms with Gasteiger partial charge in [-0.2, -0.15) is 0 Å². The van der Waals surface area contributed by atoms with Gasteiger partial charge < -0.3 is 10.1 Å². The van der Waals surface area contributed by atoms with Crippen molar-refractivity contribution in [3.63, 3.8) is 0 Å². The zero-order valence-corrected chi connectivity index (χ0v) is 14.9. The van der Waals surface area contributed by atoms with Gasteiger partial charge >= 0.3 is 6.09 Å². The number of rotatable bonds is 4. The van der Waals surface area contributed by atoms with E-state index < -0.39 is 12.2 Å². The predicted octanol–water partition coefficient (Wildman–Crippen LogP) is 2.40. The van der Waals surface area contributed by atoms with Crippen LogP contribution in [0.25, 0.3) is 0 Å². The van der Waals surface area contributed by atoms with E-state index in [1.165, 1.54) is 17.9 Å². The van der Waals surface area contributed by atoms with Crippen molar-refractivity contribution < 1.29 is 18.7 Å². The van der Waals surface area contributed by atoms with Crippen molar-refractivity contribution in [1.29, 1.82) is 0 Å². The summed E-state index contributed by atoms with van der Waals surface area (Å²) in [7, 11) is 0. The Balaban J connectivity index is 1.69. The van der Waals surface area contributed by atoms with Gasteiger partial charge in [-0.3, -0.25) is 14.4 Å². The summed E-state index contributed by atoms with van der Waals surface area (Å²) in [5.74, 6) is 0.697. The molecule has 2 atom stereocenters. The summed E-state index contributed by atoms with van der Waals surface area (Å²) in [6.45, 7) is 2.69. The maximum atomic E-state index is 14.6. The molecule has 0 bridgehead atoms. The van der Waals surface area contributed by atoms with Crippen LogP contribution in [0.4, 0.5) is 14.9 Å². The van der Waals surface area contributed by atoms with Crippen molar-refractivity contribution in [2.45, 2.75) is 31.8 Å². The average Bonchev–Trinajstić information content (AvgIpc) is 2.78. The number of cyclic esters (lactones) is 1. The Hall–Kier alpha value is -1.80. The van der Waals surface area contributed by atoms with Gasteiger partial charge in [-0.25, -0.2) is 9.18 Å². The molecule has 8 heteroatoms. The quantitative estimate of drug-likeness (QED) is 0.800. The van der Waals surface area contributed by atoms with Crippen LogP contribution in [-0.4, -0.2) is 43.5 Å². The number of amides is 2. The van der Waals surface area contributed by atoms with E-state index in [0.29, 0.717) is 17.8 Å². The number of nitrogens with zero attached hydrogens (tertiary/aromatic N) is 1. The molecular formula is C17H22FN3O3S. The topological polar surface area (TPSA) is 70.7 Å². The zero-order valence-electron chi connectivity index (χ0n) is 14.1. The molecule has 2 N–H and O–H groups in total. The number of halogens is 1. The SMILES string of the molecule is CC(=O)NC[C@H]1CN(c2ccc(C3CCCSNC3)c(F)c2)C(=O)O1. The predicted molar refractivity (Wildman–Crippen MR) is 95.1 cm³/mol. The normalized spacial score (nSPS) is 23.9. The van der Waals surface area contributed by atoms with E-state index in [0.717, 1.165) is 25.1 Å². The molecule has 2 saturated heterocycles. The van der Waals surface area contributed by atoms with Crippen molar-refractivity contribution in [2.24, 2.45) is 0 Å². The number of hydrogen-bond acceptors (Lipinski definition) is 5. The molecular weight excluding hydrogens is 345 g/mol. The van der Waals surface area contributed by atoms with E-state index in [2.05, 4.69) is 10.0 Å². The van der Waals surface area contributed by atoms with E-state index in [9.17, 15) is 14.0 Å². The standard InChI is InChI=1S/C17H22FN3O3S/c1-11(22)19-9-14-10-21(17(23)24-14)13-4-5-15(16(18)7-13)12-3-2-6-25-20-8-12/h4-5,7,12,14,20H,2-3,6,8-10H2,1H3,(H,19,22)/t12?,14-/m0/s1. The van der Waals surface area contributed by atoms with E-state index in [-0.39, 0.29) is 24.2 Å². The minimum atomic E-state index is -0.518. The maximum absolute atomic E-state index is 14.6. The van der Waals surface area contributed by atoms with Gasteiger partial charge in [0, 0.05) is 25.1 Å². The highest BCUT2D eigenvalue weighted by Gasteiger charge is 2.33. The Labute approximate surface area is 150 Å². The lowest BCUT2D eigenvalue weighted by Gasteiger charge is -2.18. The van der Waals surface area contributed by atoms with Crippen molar-refractivity contribution in [3.05, 3.63) is 29.6 Å². The molecule has 136 valence electrons. The molecule has 1 aromatic rings. The van der Waals surface area contributed by atoms with Crippen LogP contribution in [0.3, 0.4) is 0 Å². The van der Waals surface area contributed by atoms with Gasteiger partial charge in [0.1, 0.15) is 11.9 Å². The van der Waals surface area contributed by atoms with Crippen LogP contribution in [0, 0.1) is 5.82 Å². The lowest BCUT2D eigenvalue weighted by Crippen LogP contribution is -2.33. The number of carbonyl (C=O) groups excluding carboxylic acids is 2. The van der Waals surface area contributed by atoms with Crippen LogP contribution in [0.15, 0.2) is 18.2 Å². The molecule has 2 aliphatic heterocycles. The second kappa shape index (κ2) is 8.05. The highest BCUT2D eigenvalue weighted by molar-refractivity contribution is 7.97. The van der Waals surface area contributed by atoms with E-state index in [1.807, 2.05) is 0 Å². The summed E-state index contributed by atoms with van der Waals surface area (Å²) in [6.07, 6.45) is 1.05. The van der Waals surface area contributed by atoms with Gasteiger partial charge in [-0.1, -0.05) is 18.0 Å². The molecule has 0 radical (unpaired) electrons. The Bertz CT molecular complexity index is 650. The van der Waals surface area contributed by atoms with E-state index in [4.69, 9.17) is 4.74 Å². The smallest absolute Gasteiger partial charge is 0.414 e. The van der Waals surface area contributed by atoms with Crippen LogP contribution < -0.4 is 14.9 Å². The number of nitrogens with one attached hydrogen (secondary N) is 2. The Morgan fingerprint density at radius 2 is 2.36 bits per heavy atom. The molecule has 6 nitrogen and oxygen atoms in total. The summed E-state index contributed by atoms with van der Waals surface area (Å²) < 4.78 is 23.1. The fourth-order valence-corrected chi connectivity index (χ4v) is 3.89. The molecule has 3 rings (SSSR count). The second-order valence-electron chi connectivity index (χ2n) is 6.30. The number of anilines is 1. The number of ether oxygens (including phenoxy) is 1. The molecule has 2 aliphatic rings. The summed E-state index contributed by atoms with van der Waals surface area (Å²) in [4.78, 5) is 24.4. The van der Waals surface area contributed by atoms with Crippen molar-refractivity contribution in [3.8, 4) is 0 Å². The fraction of sp³-hybridized carbons (Fsp3) is 0.529. The van der Waals surface area contributed by atoms with Crippen LogP contribution in [0.1, 0.15) is 31.2 Å². The minimum absolute atomic E-state index is 0.141. The molecule has 0 aromatic heterocycles. The van der Waals surface area contributed by atoms with Crippen molar-refractivity contribution in [1.82, 2.24) is 10.0 Å². The third kappa shape index (κ3) is 4.43. The van der Waals surface area contributed by atoms with E-state index in [1.54, 1.807) is 24.1 Å². The molecule has 2 heterocycles. The maximum Gasteiger partial charge on any atom is 0.414 e. The third-order valence-electron chi connectivity index (χ3n) is 4.42. The van der Waals surface area contributed by atoms with Crippen molar-refractivity contribution in [2.75, 3.05) is 30.3 Å². The Morgan fingerprint density at radius 1 is 1.52 bits per heavy atom. The van der Waals surface area contributed by atoms with Gasteiger partial charge in [0.2, 0.25) is 5.91 Å². The van der Waals surface area contributed by atoms with Gasteiger partial charge in [-0.05, 0) is 30.5 Å². The second-order valence-corrected chi connectivity index (χ2v) is 7.28. The lowest BCUT2D eigenvalue weighted by molar-refractivity contribution is -0.119. The first-order valence-corrected chi connectivity index (χ1v) is 9.40. The van der Waals surface area contributed by atoms with Crippen LogP contribution in [0.2, 0.25) is 0 Å². The first-order valence-electron chi connectivity index (χ1n) is 8.41. The summed E-state index contributed by atoms with van der Waals surface area (Å²) in [5.41, 5.74) is 1.16. The summed E-state index contributed by atoms with van der Waals surface area (Å²) in [6, 6.07) is 4.93. The number of benzene rings is 1. The van der Waals surface area contributed by atoms with Crippen LogP contribution in [0.5, 0.6) is 0 Å². The zero-order chi connectivity index (χ0) is 17.8. The molecule has 0 aliphatic carbocycles. The van der Waals surface area contributed by atoms with Crippen LogP contribution >= 0.6 is 11.9 Å². The monoisotopic (exact) mass is 367 g/mol. The first-order chi connectivity index (χ1) is 12.0. The average molecular weight is 367 g/mol. The number of hydrogen-bond donors (Lipinski definition) is 2. The Kier molecular flexibility index (Phi) is 5.80. The van der Waals surface area contributed by atoms with Gasteiger partial charge in [-0.15, -0.1) is 0 Å². The van der Waals surface area contributed by atoms with Crippen molar-refractivity contribution >= 4 is 29.6 Å². The lowest BCUT2D eigenvalue weighted by atomic mass is 9.94. The highest BCUT2D eigenvalue weighted by Crippen LogP contribution is 2.30. The first kappa shape index (κ1) is 18.0. The minimum Gasteiger partial charge on any atom is -0.442 e. The Morgan fingerprint density at radius 3 is 3.12 bits per heavy atom. The third-order valence-corrected chi connectivity index (χ3v) is 5.28. The molecule has 0 spiro atoms. The molecule has 2 amide bonds. The number of carbonyl (C=O) groups is 2. The highest BCUT2D eigenvalue weighted by atomic mass is 32.2. The van der Waals surface area contributed by atoms with Gasteiger partial charge in [0.25, 0.3) is 0 Å². The largest absolute Gasteiger partial charge is 0.442 e. The van der Waals surface area contributed by atoms with E-state index >= 15 is 0 Å². The van der Waals surface area contributed by atoms with Gasteiger partial charge in [0.05, 0.1) is 18.8 Å². The van der Waals surface area contributed by atoms with Crippen LogP contribution in [-0.2, 0) is 9.53 Å². The van der Waals surface area contributed by atoms with Gasteiger partial charge in [0.15, 0.2) is 0 Å². The fourth-order valence-electron chi connectivity index (χ4n) is 3.11. The molecule has 1 unspecified atom stereocenters. The summed E-state index contributed by atoms with van der Waals surface area (Å²) >= 11 is 1.68. The summed E-state index contributed by atoms with van der Waals surface area (Å²) in [5, 5.41) is 2.62.